The minimum Gasteiger partial charge on any atom is -0.418 e. The Labute approximate surface area is 59.5 Å². The second-order valence-electron chi connectivity index (χ2n) is 2.94. The van der Waals surface area contributed by atoms with Crippen molar-refractivity contribution in [1.29, 1.82) is 0 Å². The van der Waals surface area contributed by atoms with Crippen molar-refractivity contribution in [2.24, 2.45) is 0 Å². The molecule has 0 saturated carbocycles. The molecular formula is C7H18OSi. The van der Waals surface area contributed by atoms with E-state index in [1.807, 2.05) is 0 Å². The van der Waals surface area contributed by atoms with Gasteiger partial charge in [-0.1, -0.05) is 13.3 Å². The molecule has 0 amide bonds. The van der Waals surface area contributed by atoms with Gasteiger partial charge in [-0.3, -0.25) is 0 Å². The molecule has 0 heterocycles. The SMILES string of the molecule is CCC[Si](C)(C)OCC. The van der Waals surface area contributed by atoms with Crippen molar-refractivity contribution < 1.29 is 4.43 Å². The molecule has 0 saturated heterocycles. The quantitative estimate of drug-likeness (QED) is 0.554. The van der Waals surface area contributed by atoms with E-state index >= 15 is 0 Å². The Kier molecular flexibility index (Phi) is 4.15. The summed E-state index contributed by atoms with van der Waals surface area (Å²) in [5.41, 5.74) is 0. The fourth-order valence-electron chi connectivity index (χ4n) is 1.06. The minimum atomic E-state index is -1.20. The molecular weight excluding hydrogens is 128 g/mol. The fourth-order valence-corrected chi connectivity index (χ4v) is 3.19. The summed E-state index contributed by atoms with van der Waals surface area (Å²) < 4.78 is 5.61. The van der Waals surface area contributed by atoms with Gasteiger partial charge in [0.05, 0.1) is 0 Å². The van der Waals surface area contributed by atoms with Crippen LogP contribution < -0.4 is 0 Å². The lowest BCUT2D eigenvalue weighted by molar-refractivity contribution is 0.328. The maximum Gasteiger partial charge on any atom is 0.186 e. The lowest BCUT2D eigenvalue weighted by Crippen LogP contribution is -2.29. The van der Waals surface area contributed by atoms with E-state index in [-0.39, 0.29) is 0 Å². The summed E-state index contributed by atoms with van der Waals surface area (Å²) in [4.78, 5) is 0. The van der Waals surface area contributed by atoms with Gasteiger partial charge in [-0.05, 0) is 26.1 Å². The Hall–Kier alpha value is 0.177. The van der Waals surface area contributed by atoms with Crippen LogP contribution in [0.4, 0.5) is 0 Å². The van der Waals surface area contributed by atoms with E-state index in [1.165, 1.54) is 12.5 Å². The van der Waals surface area contributed by atoms with Crippen LogP contribution in [0.5, 0.6) is 0 Å². The average molecular weight is 146 g/mol. The average Bonchev–Trinajstić information content (AvgIpc) is 1.64. The molecule has 0 radical (unpaired) electrons. The number of hydrogen-bond donors (Lipinski definition) is 0. The summed E-state index contributed by atoms with van der Waals surface area (Å²) >= 11 is 0. The molecule has 56 valence electrons. The van der Waals surface area contributed by atoms with Crippen LogP contribution in [-0.2, 0) is 4.43 Å². The molecule has 0 aliphatic rings. The minimum absolute atomic E-state index is 0.888. The number of hydrogen-bond acceptors (Lipinski definition) is 1. The summed E-state index contributed by atoms with van der Waals surface area (Å²) in [6.07, 6.45) is 1.26. The normalized spacial score (nSPS) is 12.0. The van der Waals surface area contributed by atoms with E-state index in [2.05, 4.69) is 26.9 Å². The second-order valence-corrected chi connectivity index (χ2v) is 7.25. The Morgan fingerprint density at radius 1 is 1.22 bits per heavy atom. The zero-order valence-corrected chi connectivity index (χ0v) is 8.03. The van der Waals surface area contributed by atoms with Crippen LogP contribution in [-0.4, -0.2) is 14.9 Å². The molecule has 0 rings (SSSR count). The van der Waals surface area contributed by atoms with Crippen molar-refractivity contribution in [1.82, 2.24) is 0 Å². The summed E-state index contributed by atoms with van der Waals surface area (Å²) in [5.74, 6) is 0. The molecule has 1 nitrogen and oxygen atoms in total. The maximum absolute atomic E-state index is 5.61. The first-order valence-electron chi connectivity index (χ1n) is 3.76. The van der Waals surface area contributed by atoms with Gasteiger partial charge in [0.2, 0.25) is 0 Å². The van der Waals surface area contributed by atoms with Gasteiger partial charge in [0, 0.05) is 6.61 Å². The molecule has 0 aliphatic heterocycles. The van der Waals surface area contributed by atoms with Crippen molar-refractivity contribution in [3.63, 3.8) is 0 Å². The van der Waals surface area contributed by atoms with Crippen molar-refractivity contribution in [2.75, 3.05) is 6.61 Å². The maximum atomic E-state index is 5.61. The molecule has 9 heavy (non-hydrogen) atoms. The molecule has 0 spiro atoms. The highest BCUT2D eigenvalue weighted by Crippen LogP contribution is 2.12. The molecule has 0 aliphatic carbocycles. The van der Waals surface area contributed by atoms with Gasteiger partial charge in [-0.25, -0.2) is 0 Å². The highest BCUT2D eigenvalue weighted by atomic mass is 28.4. The van der Waals surface area contributed by atoms with Gasteiger partial charge in [0.15, 0.2) is 8.32 Å². The van der Waals surface area contributed by atoms with Gasteiger partial charge in [-0.15, -0.1) is 0 Å². The third kappa shape index (κ3) is 4.67. The van der Waals surface area contributed by atoms with E-state index in [4.69, 9.17) is 4.43 Å². The third-order valence-electron chi connectivity index (χ3n) is 1.39. The van der Waals surface area contributed by atoms with E-state index in [9.17, 15) is 0 Å². The molecule has 2 heteroatoms. The van der Waals surface area contributed by atoms with E-state index < -0.39 is 8.32 Å². The first-order chi connectivity index (χ1) is 4.12. The molecule has 0 fully saturated rings. The second kappa shape index (κ2) is 4.07. The summed E-state index contributed by atoms with van der Waals surface area (Å²) in [5, 5.41) is 0. The topological polar surface area (TPSA) is 9.23 Å². The molecule has 0 bridgehead atoms. The lowest BCUT2D eigenvalue weighted by Gasteiger charge is -2.20. The van der Waals surface area contributed by atoms with E-state index in [0.717, 1.165) is 6.61 Å². The predicted molar refractivity (Wildman–Crippen MR) is 44.2 cm³/mol. The van der Waals surface area contributed by atoms with E-state index in [0.29, 0.717) is 0 Å². The Morgan fingerprint density at radius 3 is 2.11 bits per heavy atom. The van der Waals surface area contributed by atoms with Crippen molar-refractivity contribution in [3.8, 4) is 0 Å². The van der Waals surface area contributed by atoms with Crippen molar-refractivity contribution >= 4 is 8.32 Å². The van der Waals surface area contributed by atoms with Gasteiger partial charge < -0.3 is 4.43 Å². The summed E-state index contributed by atoms with van der Waals surface area (Å²) in [6.45, 7) is 9.73. The van der Waals surface area contributed by atoms with Crippen LogP contribution in [0, 0.1) is 0 Å². The van der Waals surface area contributed by atoms with Gasteiger partial charge >= 0.3 is 0 Å². The van der Waals surface area contributed by atoms with Crippen LogP contribution in [0.25, 0.3) is 0 Å². The lowest BCUT2D eigenvalue weighted by atomic mass is 10.6. The van der Waals surface area contributed by atoms with Crippen LogP contribution in [0.2, 0.25) is 19.1 Å². The molecule has 0 aromatic rings. The highest BCUT2D eigenvalue weighted by Gasteiger charge is 2.19. The largest absolute Gasteiger partial charge is 0.418 e. The van der Waals surface area contributed by atoms with Gasteiger partial charge in [0.25, 0.3) is 0 Å². The third-order valence-corrected chi connectivity index (χ3v) is 4.16. The summed E-state index contributed by atoms with van der Waals surface area (Å²) in [7, 11) is -1.20. The Balaban J connectivity index is 3.43. The van der Waals surface area contributed by atoms with Gasteiger partial charge in [0.1, 0.15) is 0 Å². The smallest absolute Gasteiger partial charge is 0.186 e. The first-order valence-corrected chi connectivity index (χ1v) is 6.88. The van der Waals surface area contributed by atoms with Crippen LogP contribution in [0.1, 0.15) is 20.3 Å². The Morgan fingerprint density at radius 2 is 1.78 bits per heavy atom. The predicted octanol–water partition coefficient (Wildman–Crippen LogP) is 2.64. The summed E-state index contributed by atoms with van der Waals surface area (Å²) in [6, 6.07) is 1.29. The van der Waals surface area contributed by atoms with Crippen LogP contribution in [0.15, 0.2) is 0 Å². The standard InChI is InChI=1S/C7H18OSi/c1-5-7-9(3,4)8-6-2/h5-7H2,1-4H3. The molecule has 0 aromatic carbocycles. The first kappa shape index (κ1) is 9.18. The molecule has 0 atom stereocenters. The fraction of sp³-hybridized carbons (Fsp3) is 1.00. The zero-order valence-electron chi connectivity index (χ0n) is 7.03. The molecule has 0 N–H and O–H groups in total. The van der Waals surface area contributed by atoms with Crippen LogP contribution in [0.3, 0.4) is 0 Å². The van der Waals surface area contributed by atoms with E-state index in [1.54, 1.807) is 0 Å². The Bertz CT molecular complexity index is 63.3. The number of rotatable bonds is 4. The van der Waals surface area contributed by atoms with Crippen LogP contribution >= 0.6 is 0 Å². The van der Waals surface area contributed by atoms with Gasteiger partial charge in [-0.2, -0.15) is 0 Å². The van der Waals surface area contributed by atoms with Crippen molar-refractivity contribution in [3.05, 3.63) is 0 Å². The molecule has 0 aromatic heterocycles. The molecule has 0 unspecified atom stereocenters. The van der Waals surface area contributed by atoms with Crippen molar-refractivity contribution in [2.45, 2.75) is 39.4 Å². The monoisotopic (exact) mass is 146 g/mol. The zero-order chi connectivity index (χ0) is 7.33. The highest BCUT2D eigenvalue weighted by molar-refractivity contribution is 6.71.